The zero-order chi connectivity index (χ0) is 19.2. The van der Waals surface area contributed by atoms with Crippen LogP contribution in [0.3, 0.4) is 0 Å². The Labute approximate surface area is 169 Å². The lowest BCUT2D eigenvalue weighted by molar-refractivity contribution is -0.117. The zero-order valence-electron chi connectivity index (χ0n) is 16.9. The normalized spacial score (nSPS) is 18.1. The van der Waals surface area contributed by atoms with E-state index < -0.39 is 0 Å². The monoisotopic (exact) mass is 395 g/mol. The van der Waals surface area contributed by atoms with E-state index in [0.29, 0.717) is 23.8 Å². The van der Waals surface area contributed by atoms with Gasteiger partial charge in [-0.05, 0) is 82.3 Å². The first kappa shape index (κ1) is 23.4. The minimum absolute atomic E-state index is 0. The molecule has 1 aromatic carbocycles. The van der Waals surface area contributed by atoms with Crippen molar-refractivity contribution < 1.29 is 9.59 Å². The molecular weight excluding hydrogens is 362 g/mol. The number of nitrogens with one attached hydrogen (secondary N) is 3. The minimum Gasteiger partial charge on any atom is -0.347 e. The lowest BCUT2D eigenvalue weighted by Crippen LogP contribution is -2.42. The van der Waals surface area contributed by atoms with Crippen LogP contribution < -0.4 is 16.0 Å². The molecule has 6 heteroatoms. The van der Waals surface area contributed by atoms with Gasteiger partial charge in [0.05, 0.1) is 0 Å². The van der Waals surface area contributed by atoms with Crippen LogP contribution in [0.5, 0.6) is 0 Å². The van der Waals surface area contributed by atoms with Gasteiger partial charge in [0.1, 0.15) is 0 Å². The molecule has 2 rings (SSSR count). The molecule has 1 aliphatic heterocycles. The average molecular weight is 396 g/mol. The highest BCUT2D eigenvalue weighted by molar-refractivity contribution is 5.96. The van der Waals surface area contributed by atoms with Crippen molar-refractivity contribution in [2.45, 2.75) is 58.9 Å². The summed E-state index contributed by atoms with van der Waals surface area (Å²) in [7, 11) is 0. The highest BCUT2D eigenvalue weighted by atomic mass is 35.5. The van der Waals surface area contributed by atoms with E-state index in [4.69, 9.17) is 0 Å². The molecule has 152 valence electrons. The van der Waals surface area contributed by atoms with Gasteiger partial charge in [0, 0.05) is 23.2 Å². The number of anilines is 1. The fraction of sp³-hybridized carbons (Fsp3) is 0.619. The fourth-order valence-electron chi connectivity index (χ4n) is 3.21. The maximum atomic E-state index is 12.3. The highest BCUT2D eigenvalue weighted by Crippen LogP contribution is 2.23. The highest BCUT2D eigenvalue weighted by Gasteiger charge is 2.22. The molecule has 1 aromatic rings. The number of carbonyl (C=O) groups excluding carboxylic acids is 2. The Kier molecular flexibility index (Phi) is 9.27. The molecule has 1 heterocycles. The molecule has 2 atom stereocenters. The SMILES string of the molecule is CCC(C)(C)NC(=O)c1ccc(NC(=O)CC(C)C2CCCNC2)cc1.Cl. The first-order valence-corrected chi connectivity index (χ1v) is 9.74. The molecule has 2 amide bonds. The minimum atomic E-state index is -0.228. The second-order valence-electron chi connectivity index (χ2n) is 8.10. The van der Waals surface area contributed by atoms with Crippen LogP contribution in [-0.4, -0.2) is 30.4 Å². The summed E-state index contributed by atoms with van der Waals surface area (Å²) in [4.78, 5) is 24.6. The predicted octanol–water partition coefficient (Wildman–Crippen LogP) is 3.99. The molecule has 0 bridgehead atoms. The maximum Gasteiger partial charge on any atom is 0.251 e. The van der Waals surface area contributed by atoms with Gasteiger partial charge in [-0.2, -0.15) is 0 Å². The van der Waals surface area contributed by atoms with Gasteiger partial charge < -0.3 is 16.0 Å². The Hall–Kier alpha value is -1.59. The van der Waals surface area contributed by atoms with E-state index in [-0.39, 0.29) is 29.8 Å². The van der Waals surface area contributed by atoms with Gasteiger partial charge in [0.15, 0.2) is 0 Å². The van der Waals surface area contributed by atoms with E-state index in [1.165, 1.54) is 12.8 Å². The first-order chi connectivity index (χ1) is 12.3. The number of rotatable bonds is 7. The molecular formula is C21H34ClN3O2. The largest absolute Gasteiger partial charge is 0.347 e. The Bertz CT molecular complexity index is 610. The molecule has 2 unspecified atom stereocenters. The number of hydrogen-bond donors (Lipinski definition) is 3. The van der Waals surface area contributed by atoms with Gasteiger partial charge in [-0.1, -0.05) is 13.8 Å². The fourth-order valence-corrected chi connectivity index (χ4v) is 3.21. The number of halogens is 1. The third kappa shape index (κ3) is 7.51. The second kappa shape index (κ2) is 10.7. The summed E-state index contributed by atoms with van der Waals surface area (Å²) in [6.07, 6.45) is 3.77. The number of benzene rings is 1. The van der Waals surface area contributed by atoms with Crippen LogP contribution in [0.15, 0.2) is 24.3 Å². The van der Waals surface area contributed by atoms with Gasteiger partial charge in [0.25, 0.3) is 5.91 Å². The van der Waals surface area contributed by atoms with E-state index >= 15 is 0 Å². The molecule has 1 aliphatic rings. The summed E-state index contributed by atoms with van der Waals surface area (Å²) >= 11 is 0. The van der Waals surface area contributed by atoms with Crippen LogP contribution in [0.4, 0.5) is 5.69 Å². The van der Waals surface area contributed by atoms with Crippen LogP contribution in [0.1, 0.15) is 63.7 Å². The summed E-state index contributed by atoms with van der Waals surface area (Å²) in [5.74, 6) is 0.882. The molecule has 27 heavy (non-hydrogen) atoms. The average Bonchev–Trinajstić information content (AvgIpc) is 2.62. The van der Waals surface area contributed by atoms with Gasteiger partial charge in [0.2, 0.25) is 5.91 Å². The van der Waals surface area contributed by atoms with Crippen molar-refractivity contribution in [3.8, 4) is 0 Å². The summed E-state index contributed by atoms with van der Waals surface area (Å²) in [5, 5.41) is 9.37. The molecule has 0 radical (unpaired) electrons. The van der Waals surface area contributed by atoms with Crippen LogP contribution in [0.2, 0.25) is 0 Å². The van der Waals surface area contributed by atoms with Gasteiger partial charge in [-0.3, -0.25) is 9.59 Å². The number of piperidine rings is 1. The van der Waals surface area contributed by atoms with Crippen molar-refractivity contribution >= 4 is 29.9 Å². The lowest BCUT2D eigenvalue weighted by atomic mass is 9.85. The summed E-state index contributed by atoms with van der Waals surface area (Å²) < 4.78 is 0. The van der Waals surface area contributed by atoms with Crippen molar-refractivity contribution in [1.82, 2.24) is 10.6 Å². The van der Waals surface area contributed by atoms with Crippen LogP contribution in [0, 0.1) is 11.8 Å². The molecule has 5 nitrogen and oxygen atoms in total. The third-order valence-electron chi connectivity index (χ3n) is 5.41. The lowest BCUT2D eigenvalue weighted by Gasteiger charge is -2.28. The number of amides is 2. The smallest absolute Gasteiger partial charge is 0.251 e. The molecule has 1 saturated heterocycles. The van der Waals surface area contributed by atoms with Crippen molar-refractivity contribution in [2.75, 3.05) is 18.4 Å². The van der Waals surface area contributed by atoms with E-state index in [0.717, 1.165) is 25.2 Å². The first-order valence-electron chi connectivity index (χ1n) is 9.74. The number of hydrogen-bond acceptors (Lipinski definition) is 3. The topological polar surface area (TPSA) is 70.2 Å². The van der Waals surface area contributed by atoms with E-state index in [9.17, 15) is 9.59 Å². The van der Waals surface area contributed by atoms with Crippen LogP contribution >= 0.6 is 12.4 Å². The van der Waals surface area contributed by atoms with Crippen molar-refractivity contribution in [2.24, 2.45) is 11.8 Å². The van der Waals surface area contributed by atoms with E-state index in [1.807, 2.05) is 20.8 Å². The number of carbonyl (C=O) groups is 2. The molecule has 0 aromatic heterocycles. The summed E-state index contributed by atoms with van der Waals surface area (Å²) in [6.45, 7) is 10.3. The van der Waals surface area contributed by atoms with Crippen LogP contribution in [0.25, 0.3) is 0 Å². The van der Waals surface area contributed by atoms with Crippen molar-refractivity contribution in [3.05, 3.63) is 29.8 Å². The van der Waals surface area contributed by atoms with Gasteiger partial charge >= 0.3 is 0 Å². The Morgan fingerprint density at radius 2 is 1.93 bits per heavy atom. The molecule has 0 aliphatic carbocycles. The van der Waals surface area contributed by atoms with E-state index in [2.05, 4.69) is 22.9 Å². The molecule has 0 spiro atoms. The summed E-state index contributed by atoms with van der Waals surface area (Å²) in [5.41, 5.74) is 1.11. The molecule has 3 N–H and O–H groups in total. The second-order valence-corrected chi connectivity index (χ2v) is 8.10. The van der Waals surface area contributed by atoms with Gasteiger partial charge in [-0.25, -0.2) is 0 Å². The van der Waals surface area contributed by atoms with Crippen LogP contribution in [-0.2, 0) is 4.79 Å². The third-order valence-corrected chi connectivity index (χ3v) is 5.41. The van der Waals surface area contributed by atoms with Crippen molar-refractivity contribution in [3.63, 3.8) is 0 Å². The summed E-state index contributed by atoms with van der Waals surface area (Å²) in [6, 6.07) is 7.09. The standard InChI is InChI=1S/C21H33N3O2.ClH/c1-5-21(3,4)24-20(26)16-8-10-18(11-9-16)23-19(25)13-15(2)17-7-6-12-22-14-17;/h8-11,15,17,22H,5-7,12-14H2,1-4H3,(H,23,25)(H,24,26);1H. The predicted molar refractivity (Wildman–Crippen MR) is 114 cm³/mol. The van der Waals surface area contributed by atoms with E-state index in [1.54, 1.807) is 24.3 Å². The van der Waals surface area contributed by atoms with Crippen molar-refractivity contribution in [1.29, 1.82) is 0 Å². The van der Waals surface area contributed by atoms with Gasteiger partial charge in [-0.15, -0.1) is 12.4 Å². The maximum absolute atomic E-state index is 12.3. The Morgan fingerprint density at radius 1 is 1.26 bits per heavy atom. The molecule has 0 saturated carbocycles. The zero-order valence-corrected chi connectivity index (χ0v) is 17.7. The quantitative estimate of drug-likeness (QED) is 0.653. The Balaban J connectivity index is 0.00000364. The molecule has 1 fully saturated rings. The Morgan fingerprint density at radius 3 is 2.48 bits per heavy atom.